The minimum atomic E-state index is -0.332. The van der Waals surface area contributed by atoms with Gasteiger partial charge in [-0.2, -0.15) is 0 Å². The number of hydrogen-bond acceptors (Lipinski definition) is 2. The summed E-state index contributed by atoms with van der Waals surface area (Å²) in [6, 6.07) is 12.9. The molecule has 0 amide bonds. The smallest absolute Gasteiger partial charge is 0.166 e. The second kappa shape index (κ2) is 7.23. The number of nitrogens with one attached hydrogen (secondary N) is 1. The zero-order valence-corrected chi connectivity index (χ0v) is 12.8. The van der Waals surface area contributed by atoms with Crippen LogP contribution in [0.2, 0.25) is 0 Å². The van der Waals surface area contributed by atoms with E-state index in [1.165, 1.54) is 6.07 Å². The second-order valence-electron chi connectivity index (χ2n) is 5.24. The Balaban J connectivity index is 2.26. The normalized spacial score (nSPS) is 12.2. The summed E-state index contributed by atoms with van der Waals surface area (Å²) < 4.78 is 19.9. The van der Waals surface area contributed by atoms with Crippen molar-refractivity contribution in [1.82, 2.24) is 5.32 Å². The van der Waals surface area contributed by atoms with Gasteiger partial charge in [-0.1, -0.05) is 38.1 Å². The van der Waals surface area contributed by atoms with E-state index in [4.69, 9.17) is 4.74 Å². The fourth-order valence-corrected chi connectivity index (χ4v) is 2.26. The van der Waals surface area contributed by atoms with E-state index in [0.29, 0.717) is 12.5 Å². The van der Waals surface area contributed by atoms with Gasteiger partial charge >= 0.3 is 0 Å². The standard InChI is InChI=1S/C18H22FNO/c1-4-13(2)15-7-5-6-8-17(15)21-18-10-9-14(12-20-3)11-16(18)19/h5-11,13,20H,4,12H2,1-3H3. The highest BCUT2D eigenvalue weighted by molar-refractivity contribution is 5.40. The first-order valence-corrected chi connectivity index (χ1v) is 7.35. The summed E-state index contributed by atoms with van der Waals surface area (Å²) in [4.78, 5) is 0. The summed E-state index contributed by atoms with van der Waals surface area (Å²) in [5.41, 5.74) is 2.01. The minimum Gasteiger partial charge on any atom is -0.454 e. The van der Waals surface area contributed by atoms with E-state index in [9.17, 15) is 4.39 Å². The molecule has 0 heterocycles. The molecule has 0 fully saturated rings. The van der Waals surface area contributed by atoms with Crippen LogP contribution in [-0.4, -0.2) is 7.05 Å². The quantitative estimate of drug-likeness (QED) is 0.820. The van der Waals surface area contributed by atoms with Crippen molar-refractivity contribution < 1.29 is 9.13 Å². The third-order valence-corrected chi connectivity index (χ3v) is 3.66. The zero-order valence-electron chi connectivity index (χ0n) is 12.8. The molecular formula is C18H22FNO. The van der Waals surface area contributed by atoms with Crippen LogP contribution in [0.4, 0.5) is 4.39 Å². The topological polar surface area (TPSA) is 21.3 Å². The van der Waals surface area contributed by atoms with Crippen LogP contribution < -0.4 is 10.1 Å². The molecule has 1 atom stereocenters. The Hall–Kier alpha value is -1.87. The summed E-state index contributed by atoms with van der Waals surface area (Å²) >= 11 is 0. The lowest BCUT2D eigenvalue weighted by Gasteiger charge is -2.16. The molecule has 2 aromatic rings. The fraction of sp³-hybridized carbons (Fsp3) is 0.333. The van der Waals surface area contributed by atoms with Crippen molar-refractivity contribution in [2.45, 2.75) is 32.7 Å². The van der Waals surface area contributed by atoms with Crippen molar-refractivity contribution in [3.05, 3.63) is 59.4 Å². The molecule has 1 unspecified atom stereocenters. The fourth-order valence-electron chi connectivity index (χ4n) is 2.26. The molecule has 2 aromatic carbocycles. The molecule has 1 N–H and O–H groups in total. The Labute approximate surface area is 126 Å². The van der Waals surface area contributed by atoms with Gasteiger partial charge < -0.3 is 10.1 Å². The van der Waals surface area contributed by atoms with Gasteiger partial charge in [-0.25, -0.2) is 4.39 Å². The van der Waals surface area contributed by atoms with E-state index >= 15 is 0 Å². The predicted molar refractivity (Wildman–Crippen MR) is 84.4 cm³/mol. The molecule has 112 valence electrons. The molecule has 0 aliphatic rings. The van der Waals surface area contributed by atoms with E-state index in [1.807, 2.05) is 37.4 Å². The van der Waals surface area contributed by atoms with Gasteiger partial charge in [0.05, 0.1) is 0 Å². The highest BCUT2D eigenvalue weighted by Gasteiger charge is 2.12. The number of ether oxygens (including phenoxy) is 1. The Kier molecular flexibility index (Phi) is 5.34. The van der Waals surface area contributed by atoms with Crippen molar-refractivity contribution in [3.63, 3.8) is 0 Å². The van der Waals surface area contributed by atoms with E-state index in [1.54, 1.807) is 6.07 Å². The van der Waals surface area contributed by atoms with E-state index in [2.05, 4.69) is 19.2 Å². The Morgan fingerprint density at radius 1 is 1.14 bits per heavy atom. The molecule has 0 radical (unpaired) electrons. The van der Waals surface area contributed by atoms with Gasteiger partial charge in [-0.05, 0) is 48.7 Å². The van der Waals surface area contributed by atoms with Crippen molar-refractivity contribution in [1.29, 1.82) is 0 Å². The molecule has 0 aromatic heterocycles. The van der Waals surface area contributed by atoms with Gasteiger partial charge in [-0.3, -0.25) is 0 Å². The van der Waals surface area contributed by atoms with Crippen molar-refractivity contribution in [2.24, 2.45) is 0 Å². The maximum Gasteiger partial charge on any atom is 0.166 e. The van der Waals surface area contributed by atoms with Crippen LogP contribution in [0.25, 0.3) is 0 Å². The number of benzene rings is 2. The molecule has 0 saturated heterocycles. The highest BCUT2D eigenvalue weighted by Crippen LogP contribution is 2.33. The first-order valence-electron chi connectivity index (χ1n) is 7.35. The Morgan fingerprint density at radius 3 is 2.57 bits per heavy atom. The summed E-state index contributed by atoms with van der Waals surface area (Å²) in [5.74, 6) is 1.05. The maximum absolute atomic E-state index is 14.1. The molecule has 0 aliphatic heterocycles. The summed E-state index contributed by atoms with van der Waals surface area (Å²) in [6.45, 7) is 4.92. The first kappa shape index (κ1) is 15.5. The monoisotopic (exact) mass is 287 g/mol. The lowest BCUT2D eigenvalue weighted by molar-refractivity contribution is 0.433. The first-order chi connectivity index (χ1) is 10.2. The molecule has 0 bridgehead atoms. The van der Waals surface area contributed by atoms with E-state index in [-0.39, 0.29) is 11.6 Å². The van der Waals surface area contributed by atoms with Gasteiger partial charge in [0.2, 0.25) is 0 Å². The average molecular weight is 287 g/mol. The minimum absolute atomic E-state index is 0.269. The molecule has 2 rings (SSSR count). The lowest BCUT2D eigenvalue weighted by atomic mass is 9.98. The lowest BCUT2D eigenvalue weighted by Crippen LogP contribution is -2.05. The van der Waals surface area contributed by atoms with Crippen LogP contribution in [-0.2, 0) is 6.54 Å². The van der Waals surface area contributed by atoms with Crippen LogP contribution in [0.3, 0.4) is 0 Å². The van der Waals surface area contributed by atoms with Crippen LogP contribution in [0.15, 0.2) is 42.5 Å². The third-order valence-electron chi connectivity index (χ3n) is 3.66. The van der Waals surface area contributed by atoms with Crippen molar-refractivity contribution in [3.8, 4) is 11.5 Å². The van der Waals surface area contributed by atoms with Gasteiger partial charge in [0.15, 0.2) is 11.6 Å². The SMILES string of the molecule is CCC(C)c1ccccc1Oc1ccc(CNC)cc1F. The second-order valence-corrected chi connectivity index (χ2v) is 5.24. The Bertz CT molecular complexity index is 598. The highest BCUT2D eigenvalue weighted by atomic mass is 19.1. The predicted octanol–water partition coefficient (Wildman–Crippen LogP) is 4.85. The van der Waals surface area contributed by atoms with Crippen molar-refractivity contribution >= 4 is 0 Å². The number of rotatable bonds is 6. The molecule has 3 heteroatoms. The zero-order chi connectivity index (χ0) is 15.2. The molecule has 2 nitrogen and oxygen atoms in total. The molecule has 0 aliphatic carbocycles. The van der Waals surface area contributed by atoms with E-state index < -0.39 is 0 Å². The number of hydrogen-bond donors (Lipinski definition) is 1. The summed E-state index contributed by atoms with van der Waals surface area (Å²) in [7, 11) is 1.84. The Morgan fingerprint density at radius 2 is 1.90 bits per heavy atom. The third kappa shape index (κ3) is 3.82. The van der Waals surface area contributed by atoms with Crippen LogP contribution >= 0.6 is 0 Å². The maximum atomic E-state index is 14.1. The number of halogens is 1. The van der Waals surface area contributed by atoms with Crippen molar-refractivity contribution in [2.75, 3.05) is 7.05 Å². The van der Waals surface area contributed by atoms with Crippen LogP contribution in [0.1, 0.15) is 37.3 Å². The largest absolute Gasteiger partial charge is 0.454 e. The average Bonchev–Trinajstić information content (AvgIpc) is 2.50. The molecular weight excluding hydrogens is 265 g/mol. The van der Waals surface area contributed by atoms with Gasteiger partial charge in [0, 0.05) is 6.54 Å². The van der Waals surface area contributed by atoms with Gasteiger partial charge in [-0.15, -0.1) is 0 Å². The van der Waals surface area contributed by atoms with Gasteiger partial charge in [0.1, 0.15) is 5.75 Å². The summed E-state index contributed by atoms with van der Waals surface area (Å²) in [6.07, 6.45) is 1.02. The van der Waals surface area contributed by atoms with Crippen LogP contribution in [0, 0.1) is 5.82 Å². The van der Waals surface area contributed by atoms with E-state index in [0.717, 1.165) is 23.3 Å². The summed E-state index contributed by atoms with van der Waals surface area (Å²) in [5, 5.41) is 3.00. The molecule has 0 saturated carbocycles. The van der Waals surface area contributed by atoms with Crippen LogP contribution in [0.5, 0.6) is 11.5 Å². The number of para-hydroxylation sites is 1. The van der Waals surface area contributed by atoms with Gasteiger partial charge in [0.25, 0.3) is 0 Å². The molecule has 21 heavy (non-hydrogen) atoms. The molecule has 0 spiro atoms.